The normalized spacial score (nSPS) is 10.3. The summed E-state index contributed by atoms with van der Waals surface area (Å²) in [7, 11) is 2.64. The van der Waals surface area contributed by atoms with E-state index < -0.39 is 5.97 Å². The molecule has 0 unspecified atom stereocenters. The Morgan fingerprint density at radius 3 is 2.56 bits per heavy atom. The molecular formula is C13H15NO4. The van der Waals surface area contributed by atoms with E-state index >= 15 is 0 Å². The number of methoxy groups -OCH3 is 2. The molecule has 0 amide bonds. The summed E-state index contributed by atoms with van der Waals surface area (Å²) in [5.41, 5.74) is 7.35. The van der Waals surface area contributed by atoms with Gasteiger partial charge < -0.3 is 15.2 Å². The summed E-state index contributed by atoms with van der Waals surface area (Å²) in [5, 5.41) is 0. The van der Waals surface area contributed by atoms with E-state index in [1.54, 1.807) is 24.3 Å². The molecule has 0 aliphatic rings. The maximum Gasteiger partial charge on any atom is 0.337 e. The summed E-state index contributed by atoms with van der Waals surface area (Å²) in [6.07, 6.45) is 3.53. The summed E-state index contributed by atoms with van der Waals surface area (Å²) in [6, 6.07) is 4.83. The number of esters is 2. The number of benzene rings is 1. The summed E-state index contributed by atoms with van der Waals surface area (Å²) in [4.78, 5) is 22.2. The van der Waals surface area contributed by atoms with Gasteiger partial charge in [-0.25, -0.2) is 4.79 Å². The molecule has 0 atom stereocenters. The van der Waals surface area contributed by atoms with Gasteiger partial charge in [-0.1, -0.05) is 18.2 Å². The number of hydrogen-bond donors (Lipinski definition) is 1. The van der Waals surface area contributed by atoms with Gasteiger partial charge in [0.1, 0.15) is 0 Å². The maximum absolute atomic E-state index is 11.3. The number of carbonyl (C=O) groups is 2. The van der Waals surface area contributed by atoms with E-state index in [4.69, 9.17) is 5.73 Å². The molecule has 18 heavy (non-hydrogen) atoms. The van der Waals surface area contributed by atoms with Crippen molar-refractivity contribution in [3.8, 4) is 0 Å². The number of anilines is 1. The molecule has 0 bridgehead atoms. The van der Waals surface area contributed by atoms with Gasteiger partial charge in [-0.2, -0.15) is 0 Å². The van der Waals surface area contributed by atoms with Crippen molar-refractivity contribution in [2.75, 3.05) is 20.0 Å². The second kappa shape index (κ2) is 6.44. The lowest BCUT2D eigenvalue weighted by atomic mass is 10.1. The fourth-order valence-corrected chi connectivity index (χ4v) is 1.34. The van der Waals surface area contributed by atoms with Gasteiger partial charge >= 0.3 is 11.9 Å². The molecule has 2 N–H and O–H groups in total. The van der Waals surface area contributed by atoms with Crippen LogP contribution in [0.4, 0.5) is 5.69 Å². The molecule has 0 spiro atoms. The molecule has 1 aromatic rings. The number of nitrogen functional groups attached to an aromatic ring is 1. The number of rotatable bonds is 4. The van der Waals surface area contributed by atoms with Crippen LogP contribution in [0, 0.1) is 0 Å². The second-order valence-electron chi connectivity index (χ2n) is 3.52. The summed E-state index contributed by atoms with van der Waals surface area (Å²) in [6.45, 7) is 0. The van der Waals surface area contributed by atoms with Crippen LogP contribution in [0.15, 0.2) is 24.3 Å². The zero-order chi connectivity index (χ0) is 13.5. The molecule has 0 fully saturated rings. The van der Waals surface area contributed by atoms with Crippen LogP contribution in [0.2, 0.25) is 0 Å². The van der Waals surface area contributed by atoms with Crippen LogP contribution in [-0.2, 0) is 14.3 Å². The van der Waals surface area contributed by atoms with E-state index in [-0.39, 0.29) is 12.4 Å². The van der Waals surface area contributed by atoms with Crippen molar-refractivity contribution < 1.29 is 19.1 Å². The Balaban J connectivity index is 2.80. The van der Waals surface area contributed by atoms with E-state index in [0.717, 1.165) is 5.56 Å². The van der Waals surface area contributed by atoms with Gasteiger partial charge in [0.2, 0.25) is 0 Å². The van der Waals surface area contributed by atoms with Gasteiger partial charge in [-0.3, -0.25) is 4.79 Å². The first-order valence-corrected chi connectivity index (χ1v) is 5.29. The first-order valence-electron chi connectivity index (χ1n) is 5.29. The number of nitrogens with two attached hydrogens (primary N) is 1. The molecule has 0 radical (unpaired) electrons. The van der Waals surface area contributed by atoms with Crippen LogP contribution in [0.1, 0.15) is 22.3 Å². The van der Waals surface area contributed by atoms with Gasteiger partial charge in [0, 0.05) is 5.69 Å². The minimum atomic E-state index is -0.438. The Morgan fingerprint density at radius 2 is 2.00 bits per heavy atom. The van der Waals surface area contributed by atoms with Crippen molar-refractivity contribution in [1.29, 1.82) is 0 Å². The predicted molar refractivity (Wildman–Crippen MR) is 67.9 cm³/mol. The molecule has 5 heteroatoms. The molecular weight excluding hydrogens is 234 g/mol. The van der Waals surface area contributed by atoms with Gasteiger partial charge in [0.05, 0.1) is 26.2 Å². The van der Waals surface area contributed by atoms with Crippen molar-refractivity contribution >= 4 is 23.7 Å². The molecule has 96 valence electrons. The number of ether oxygens (including phenoxy) is 2. The maximum atomic E-state index is 11.3. The van der Waals surface area contributed by atoms with Crippen molar-refractivity contribution in [2.24, 2.45) is 0 Å². The summed E-state index contributed by atoms with van der Waals surface area (Å²) >= 11 is 0. The standard InChI is InChI=1S/C13H15NO4/c1-17-12(15)5-3-4-9-6-7-10(8-11(9)14)13(16)18-2/h3-4,6-8H,5,14H2,1-2H3. The fraction of sp³-hybridized carbons (Fsp3) is 0.231. The molecule has 0 heterocycles. The van der Waals surface area contributed by atoms with Crippen LogP contribution in [0.5, 0.6) is 0 Å². The Bertz CT molecular complexity index is 480. The van der Waals surface area contributed by atoms with Crippen LogP contribution >= 0.6 is 0 Å². The van der Waals surface area contributed by atoms with Crippen molar-refractivity contribution in [2.45, 2.75) is 6.42 Å². The van der Waals surface area contributed by atoms with Crippen molar-refractivity contribution in [1.82, 2.24) is 0 Å². The zero-order valence-electron chi connectivity index (χ0n) is 10.3. The third-order valence-corrected chi connectivity index (χ3v) is 2.32. The van der Waals surface area contributed by atoms with Gasteiger partial charge in [-0.15, -0.1) is 0 Å². The van der Waals surface area contributed by atoms with E-state index in [9.17, 15) is 9.59 Å². The van der Waals surface area contributed by atoms with Crippen LogP contribution in [0.25, 0.3) is 6.08 Å². The van der Waals surface area contributed by atoms with Gasteiger partial charge in [0.15, 0.2) is 0 Å². The number of hydrogen-bond acceptors (Lipinski definition) is 5. The molecule has 0 saturated carbocycles. The Hall–Kier alpha value is -2.30. The van der Waals surface area contributed by atoms with Crippen molar-refractivity contribution in [3.63, 3.8) is 0 Å². The minimum Gasteiger partial charge on any atom is -0.469 e. The first kappa shape index (κ1) is 13.8. The summed E-state index contributed by atoms with van der Waals surface area (Å²) in [5.74, 6) is -0.761. The van der Waals surface area contributed by atoms with E-state index in [1.807, 2.05) is 0 Å². The first-order chi connectivity index (χ1) is 8.58. The Labute approximate surface area is 105 Å². The lowest BCUT2D eigenvalue weighted by Gasteiger charge is -2.03. The van der Waals surface area contributed by atoms with Crippen LogP contribution in [0.3, 0.4) is 0 Å². The molecule has 1 aromatic carbocycles. The fourth-order valence-electron chi connectivity index (χ4n) is 1.34. The topological polar surface area (TPSA) is 78.6 Å². The SMILES string of the molecule is COC(=O)CC=Cc1ccc(C(=O)OC)cc1N. The largest absolute Gasteiger partial charge is 0.469 e. The van der Waals surface area contributed by atoms with Crippen LogP contribution in [-0.4, -0.2) is 26.2 Å². The quantitative estimate of drug-likeness (QED) is 0.648. The smallest absolute Gasteiger partial charge is 0.337 e. The van der Waals surface area contributed by atoms with Crippen molar-refractivity contribution in [3.05, 3.63) is 35.4 Å². The predicted octanol–water partition coefficient (Wildman–Crippen LogP) is 1.63. The minimum absolute atomic E-state index is 0.175. The molecule has 0 aromatic heterocycles. The monoisotopic (exact) mass is 249 g/mol. The molecule has 5 nitrogen and oxygen atoms in total. The average molecular weight is 249 g/mol. The highest BCUT2D eigenvalue weighted by atomic mass is 16.5. The second-order valence-corrected chi connectivity index (χ2v) is 3.52. The third-order valence-electron chi connectivity index (χ3n) is 2.32. The Morgan fingerprint density at radius 1 is 1.28 bits per heavy atom. The third kappa shape index (κ3) is 3.62. The zero-order valence-corrected chi connectivity index (χ0v) is 10.3. The van der Waals surface area contributed by atoms with E-state index in [1.165, 1.54) is 20.3 Å². The highest BCUT2D eigenvalue weighted by Crippen LogP contribution is 2.16. The Kier molecular flexibility index (Phi) is 4.92. The van der Waals surface area contributed by atoms with E-state index in [0.29, 0.717) is 11.3 Å². The highest BCUT2D eigenvalue weighted by molar-refractivity contribution is 5.91. The van der Waals surface area contributed by atoms with Gasteiger partial charge in [-0.05, 0) is 17.7 Å². The molecule has 0 aliphatic heterocycles. The molecule has 0 saturated heterocycles. The molecule has 0 aliphatic carbocycles. The highest BCUT2D eigenvalue weighted by Gasteiger charge is 2.06. The lowest BCUT2D eigenvalue weighted by molar-refractivity contribution is -0.139. The van der Waals surface area contributed by atoms with Crippen LogP contribution < -0.4 is 5.73 Å². The molecule has 1 rings (SSSR count). The van der Waals surface area contributed by atoms with Gasteiger partial charge in [0.25, 0.3) is 0 Å². The van der Waals surface area contributed by atoms with E-state index in [2.05, 4.69) is 9.47 Å². The average Bonchev–Trinajstić information content (AvgIpc) is 2.39. The number of carbonyl (C=O) groups excluding carboxylic acids is 2. The summed E-state index contributed by atoms with van der Waals surface area (Å²) < 4.78 is 9.09. The lowest BCUT2D eigenvalue weighted by Crippen LogP contribution is -2.02.